The molecule has 4 heterocycles. The summed E-state index contributed by atoms with van der Waals surface area (Å²) in [4.78, 5) is 75.7. The van der Waals surface area contributed by atoms with Crippen molar-refractivity contribution in [3.05, 3.63) is 34.9 Å². The van der Waals surface area contributed by atoms with Gasteiger partial charge in [0.1, 0.15) is 29.8 Å². The van der Waals surface area contributed by atoms with E-state index in [1.807, 2.05) is 0 Å². The summed E-state index contributed by atoms with van der Waals surface area (Å²) < 4.78 is 1.60. The molecular weight excluding hydrogens is 632 g/mol. The third kappa shape index (κ3) is 7.48. The van der Waals surface area contributed by atoms with Crippen LogP contribution >= 0.6 is 23.1 Å². The molecule has 1 unspecified atom stereocenters. The van der Waals surface area contributed by atoms with E-state index in [2.05, 4.69) is 20.4 Å². The smallest absolute Gasteiger partial charge is 0.352 e. The van der Waals surface area contributed by atoms with Crippen molar-refractivity contribution in [2.75, 3.05) is 29.1 Å². The zero-order valence-corrected chi connectivity index (χ0v) is 25.8. The maximum Gasteiger partial charge on any atom is 0.352 e. The van der Waals surface area contributed by atoms with Gasteiger partial charge in [-0.15, -0.1) is 23.1 Å². The van der Waals surface area contributed by atoms with E-state index in [0.29, 0.717) is 24.2 Å². The Morgan fingerprint density at radius 1 is 1.24 bits per heavy atom. The van der Waals surface area contributed by atoms with Crippen LogP contribution in [0.3, 0.4) is 0 Å². The number of nitrogen functional groups attached to an aromatic ring is 2. The lowest BCUT2D eigenvalue weighted by molar-refractivity contribution is -0.691. The number of thioether (sulfide) groups is 1. The number of oxime groups is 1. The Kier molecular flexibility index (Phi) is 9.91. The summed E-state index contributed by atoms with van der Waals surface area (Å²) in [5.41, 5.74) is 10.3. The highest BCUT2D eigenvalue weighted by Crippen LogP contribution is 2.45. The number of Topliss-reactive ketones (excluding diaryl/α,β-unsaturated/α-hetero) is 1. The lowest BCUT2D eigenvalue weighted by Crippen LogP contribution is -2.62. The van der Waals surface area contributed by atoms with Crippen molar-refractivity contribution in [1.82, 2.24) is 14.9 Å². The van der Waals surface area contributed by atoms with Gasteiger partial charge in [0.05, 0.1) is 11.3 Å². The van der Waals surface area contributed by atoms with E-state index in [4.69, 9.17) is 21.4 Å². The minimum atomic E-state index is -1.76. The molecule has 0 spiro atoms. The van der Waals surface area contributed by atoms with Crippen LogP contribution in [0.1, 0.15) is 38.8 Å². The molecule has 240 valence electrons. The van der Waals surface area contributed by atoms with E-state index in [1.165, 1.54) is 37.3 Å². The fourth-order valence-electron chi connectivity index (χ4n) is 4.45. The summed E-state index contributed by atoms with van der Waals surface area (Å²) in [6.07, 6.45) is 3.01. The van der Waals surface area contributed by atoms with Crippen LogP contribution in [0.25, 0.3) is 0 Å². The molecule has 45 heavy (non-hydrogen) atoms. The summed E-state index contributed by atoms with van der Waals surface area (Å²) in [7, 11) is 0. The highest BCUT2D eigenvalue weighted by molar-refractivity contribution is 8.00. The first-order valence-electron chi connectivity index (χ1n) is 13.4. The van der Waals surface area contributed by atoms with Crippen LogP contribution in [-0.4, -0.2) is 88.8 Å². The first-order chi connectivity index (χ1) is 21.2. The first kappa shape index (κ1) is 33.1. The monoisotopic (exact) mass is 663 g/mol. The van der Waals surface area contributed by atoms with Gasteiger partial charge in [-0.1, -0.05) is 5.16 Å². The Bertz CT molecular complexity index is 1610. The molecule has 8 N–H and O–H groups in total. The van der Waals surface area contributed by atoms with Gasteiger partial charge in [0.25, 0.3) is 12.1 Å². The van der Waals surface area contributed by atoms with Crippen molar-refractivity contribution in [3.63, 3.8) is 0 Å². The van der Waals surface area contributed by atoms with Crippen molar-refractivity contribution in [3.8, 4) is 0 Å². The van der Waals surface area contributed by atoms with Crippen LogP contribution < -0.4 is 21.4 Å². The molecule has 2 atom stereocenters. The van der Waals surface area contributed by atoms with E-state index in [1.54, 1.807) is 10.8 Å². The van der Waals surface area contributed by atoms with Gasteiger partial charge in [0.15, 0.2) is 16.6 Å². The molecule has 0 radical (unpaired) electrons. The van der Waals surface area contributed by atoms with Gasteiger partial charge in [-0.3, -0.25) is 19.3 Å². The van der Waals surface area contributed by atoms with Crippen LogP contribution in [0, 0.1) is 5.92 Å². The Labute approximate surface area is 263 Å². The summed E-state index contributed by atoms with van der Waals surface area (Å²) in [6.45, 7) is 2.90. The zero-order chi connectivity index (χ0) is 33.1. The number of carbonyl (C=O) groups is 5. The van der Waals surface area contributed by atoms with Crippen LogP contribution in [-0.2, 0) is 35.4 Å². The maximum atomic E-state index is 13.4. The molecule has 1 saturated heterocycles. The number of nitrogens with zero attached hydrogens (tertiary/aromatic N) is 5. The zero-order valence-electron chi connectivity index (χ0n) is 24.1. The van der Waals surface area contributed by atoms with Crippen molar-refractivity contribution in [2.45, 2.75) is 50.6 Å². The minimum absolute atomic E-state index is 0.0266. The number of carboxylic acid groups (broad SMARTS) is 3. The molecule has 2 aliphatic heterocycles. The van der Waals surface area contributed by atoms with E-state index >= 15 is 0 Å². The maximum absolute atomic E-state index is 13.4. The van der Waals surface area contributed by atoms with Crippen molar-refractivity contribution in [1.29, 1.82) is 0 Å². The van der Waals surface area contributed by atoms with Gasteiger partial charge in [-0.25, -0.2) is 19.1 Å². The molecule has 0 bridgehead atoms. The molecule has 4 rings (SSSR count). The Hall–Kier alpha value is -4.78. The molecule has 1 amide bonds. The van der Waals surface area contributed by atoms with E-state index < -0.39 is 46.5 Å². The van der Waals surface area contributed by atoms with Crippen LogP contribution in [0.5, 0.6) is 0 Å². The Balaban J connectivity index is 1.51. The van der Waals surface area contributed by atoms with E-state index in [0.717, 1.165) is 16.2 Å². The quantitative estimate of drug-likeness (QED) is 0.0494. The Morgan fingerprint density at radius 3 is 2.60 bits per heavy atom. The number of hydrogen-bond donors (Lipinski definition) is 6. The van der Waals surface area contributed by atoms with Crippen LogP contribution in [0.2, 0.25) is 0 Å². The summed E-state index contributed by atoms with van der Waals surface area (Å²) in [5, 5.41) is 36.0. The number of nitrogens with one attached hydrogen (secondary N) is 1. The van der Waals surface area contributed by atoms with Crippen molar-refractivity contribution >= 4 is 75.0 Å². The average molecular weight is 664 g/mol. The molecule has 0 aromatic carbocycles. The van der Waals surface area contributed by atoms with Gasteiger partial charge < -0.3 is 36.9 Å². The number of hydrogen-bond acceptors (Lipinski definition) is 14. The number of aromatic nitrogens is 3. The molecule has 19 heteroatoms. The normalized spacial score (nSPS) is 18.2. The molecule has 0 aliphatic carbocycles. The second-order valence-electron chi connectivity index (χ2n) is 10.6. The number of β-lactam (4-membered cyclic amide) rings is 1. The fraction of sp³-hybridized carbons (Fsp3) is 0.423. The Morgan fingerprint density at radius 2 is 1.98 bits per heavy atom. The largest absolute Gasteiger partial charge is 0.481 e. The average Bonchev–Trinajstić information content (AvgIpc) is 3.40. The van der Waals surface area contributed by atoms with Gasteiger partial charge in [-0.05, 0) is 25.3 Å². The SMILES string of the molecule is CC(C)(O/N=C(\C(=O)C[C@@H]1C(=O)N2C(C(=O)O)=C(C[n+]3cnc(N)c(NCCCC(=O)O)c3)CSC12)c1csc(N)n1)C(=O)O. The second-order valence-corrected chi connectivity index (χ2v) is 12.6. The number of rotatable bonds is 15. The third-order valence-corrected chi connectivity index (χ3v) is 8.92. The number of amides is 1. The summed E-state index contributed by atoms with van der Waals surface area (Å²) >= 11 is 2.33. The van der Waals surface area contributed by atoms with Crippen LogP contribution in [0.4, 0.5) is 16.6 Å². The van der Waals surface area contributed by atoms with Crippen molar-refractivity contribution < 1.29 is 48.7 Å². The number of anilines is 3. The first-order valence-corrected chi connectivity index (χ1v) is 15.4. The fourth-order valence-corrected chi connectivity index (χ4v) is 6.40. The third-order valence-electron chi connectivity index (χ3n) is 6.85. The molecule has 2 aromatic heterocycles. The van der Waals surface area contributed by atoms with Gasteiger partial charge in [-0.2, -0.15) is 0 Å². The van der Waals surface area contributed by atoms with Crippen molar-refractivity contribution in [2.24, 2.45) is 11.1 Å². The van der Waals surface area contributed by atoms with E-state index in [9.17, 15) is 34.2 Å². The molecule has 2 aliphatic rings. The number of ketones is 1. The lowest BCUT2D eigenvalue weighted by atomic mass is 9.89. The van der Waals surface area contributed by atoms with Gasteiger partial charge >= 0.3 is 17.9 Å². The van der Waals surface area contributed by atoms with Crippen LogP contribution in [0.15, 0.2) is 34.3 Å². The number of nitrogens with two attached hydrogens (primary N) is 2. The predicted molar refractivity (Wildman–Crippen MR) is 161 cm³/mol. The molecular formula is C26H31N8O9S2+. The summed E-state index contributed by atoms with van der Waals surface area (Å²) in [5.74, 6) is -5.24. The molecule has 1 fully saturated rings. The highest BCUT2D eigenvalue weighted by Gasteiger charge is 2.54. The predicted octanol–water partition coefficient (Wildman–Crippen LogP) is 0.380. The second kappa shape index (κ2) is 13.5. The van der Waals surface area contributed by atoms with E-state index in [-0.39, 0.29) is 53.2 Å². The standard InChI is InChI=1S/C26H30N8O9S2/c1-26(2,24(41)42)43-32-18(15-10-45-25(28)31-15)16(35)6-13-21(38)34-19(23(39)40)12(9-44-22(13)34)7-33-8-14(20(27)30-11-33)29-5-3-4-17(36)37/h8,10-11,13,22,27,29H,3-7,9H2,1-2H3,(H5,28,31,36,37,39,40,41,42)/p+1/b32-18-/t13-,22?/m1/s1. The number of carboxylic acids is 3. The number of carbonyl (C=O) groups excluding carboxylic acids is 2. The minimum Gasteiger partial charge on any atom is -0.481 e. The number of fused-ring (bicyclic) bond motifs is 1. The summed E-state index contributed by atoms with van der Waals surface area (Å²) in [6, 6.07) is 0. The number of thiazole rings is 1. The van der Waals surface area contributed by atoms with Gasteiger partial charge in [0, 0.05) is 36.1 Å². The molecule has 2 aromatic rings. The molecule has 17 nitrogen and oxygen atoms in total. The van der Waals surface area contributed by atoms with Gasteiger partial charge in [0.2, 0.25) is 11.5 Å². The molecule has 0 saturated carbocycles. The lowest BCUT2D eigenvalue weighted by Gasteiger charge is -2.49. The number of aliphatic carboxylic acids is 3. The highest BCUT2D eigenvalue weighted by atomic mass is 32.2. The topological polar surface area (TPSA) is 265 Å².